The molecule has 288 valence electrons. The lowest BCUT2D eigenvalue weighted by Gasteiger charge is -2.19. The topological polar surface area (TPSA) is 150 Å². The largest absolute Gasteiger partial charge is 0.342 e. The SMILES string of the molecule is CC(C)C(=O)NC(C(=O)c1ccnc(Nc2ccccc2)n1)c1ccc(F)cc1.CC(C)c1nc(-c2ccc(F)cc2)c(-c2ccnc(Nc3ccccc3)n2)[nH]1. The lowest BCUT2D eigenvalue weighted by Crippen LogP contribution is -2.36. The molecule has 13 heteroatoms. The van der Waals surface area contributed by atoms with Gasteiger partial charge in [-0.15, -0.1) is 0 Å². The molecule has 7 aromatic rings. The summed E-state index contributed by atoms with van der Waals surface area (Å²) in [6.45, 7) is 7.60. The molecule has 7 rings (SSSR count). The molecule has 0 aliphatic carbocycles. The maximum atomic E-state index is 13.4. The molecule has 57 heavy (non-hydrogen) atoms. The Hall–Kier alpha value is -7.15. The Kier molecular flexibility index (Phi) is 12.8. The summed E-state index contributed by atoms with van der Waals surface area (Å²) in [4.78, 5) is 50.9. The second-order valence-electron chi connectivity index (χ2n) is 13.5. The van der Waals surface area contributed by atoms with Crippen LogP contribution in [0.25, 0.3) is 22.6 Å². The zero-order chi connectivity index (χ0) is 40.3. The molecule has 1 unspecified atom stereocenters. The predicted molar refractivity (Wildman–Crippen MR) is 217 cm³/mol. The first kappa shape index (κ1) is 39.5. The van der Waals surface area contributed by atoms with Crippen LogP contribution in [0.4, 0.5) is 32.1 Å². The minimum absolute atomic E-state index is 0.136. The molecule has 3 heterocycles. The number of imidazole rings is 1. The van der Waals surface area contributed by atoms with Gasteiger partial charge in [-0.25, -0.2) is 33.7 Å². The van der Waals surface area contributed by atoms with Crippen molar-refractivity contribution >= 4 is 35.0 Å². The monoisotopic (exact) mass is 765 g/mol. The Bertz CT molecular complexity index is 2410. The maximum Gasteiger partial charge on any atom is 0.227 e. The fraction of sp³-hybridized carbons (Fsp3) is 0.159. The first-order valence-electron chi connectivity index (χ1n) is 18.3. The molecule has 0 saturated heterocycles. The molecule has 0 spiro atoms. The number of hydrogen-bond acceptors (Lipinski definition) is 9. The number of aromatic nitrogens is 6. The van der Waals surface area contributed by atoms with E-state index in [1.165, 1.54) is 48.7 Å². The van der Waals surface area contributed by atoms with Crippen molar-refractivity contribution < 1.29 is 18.4 Å². The Morgan fingerprint density at radius 1 is 0.632 bits per heavy atom. The van der Waals surface area contributed by atoms with Crippen LogP contribution in [0.2, 0.25) is 0 Å². The van der Waals surface area contributed by atoms with Crippen LogP contribution in [0.15, 0.2) is 134 Å². The number of nitrogens with one attached hydrogen (secondary N) is 4. The fourth-order valence-corrected chi connectivity index (χ4v) is 5.49. The van der Waals surface area contributed by atoms with E-state index >= 15 is 0 Å². The van der Waals surface area contributed by atoms with Gasteiger partial charge in [0.2, 0.25) is 23.6 Å². The Morgan fingerprint density at radius 3 is 1.74 bits per heavy atom. The molecule has 4 aromatic carbocycles. The van der Waals surface area contributed by atoms with E-state index in [1.807, 2.05) is 66.7 Å². The lowest BCUT2D eigenvalue weighted by atomic mass is 9.99. The minimum Gasteiger partial charge on any atom is -0.342 e. The van der Waals surface area contributed by atoms with Crippen LogP contribution >= 0.6 is 0 Å². The van der Waals surface area contributed by atoms with E-state index in [-0.39, 0.29) is 35.2 Å². The number of benzene rings is 4. The van der Waals surface area contributed by atoms with Gasteiger partial charge in [0.25, 0.3) is 0 Å². The van der Waals surface area contributed by atoms with Gasteiger partial charge >= 0.3 is 0 Å². The average Bonchev–Trinajstić information content (AvgIpc) is 3.68. The number of para-hydroxylation sites is 2. The van der Waals surface area contributed by atoms with Gasteiger partial charge in [0, 0.05) is 41.2 Å². The van der Waals surface area contributed by atoms with Crippen LogP contribution in [0.1, 0.15) is 61.5 Å². The summed E-state index contributed by atoms with van der Waals surface area (Å²) in [6, 6.07) is 33.2. The number of carbonyl (C=O) groups excluding carboxylic acids is 2. The van der Waals surface area contributed by atoms with E-state index in [0.29, 0.717) is 17.2 Å². The smallest absolute Gasteiger partial charge is 0.227 e. The molecular weight excluding hydrogens is 725 g/mol. The van der Waals surface area contributed by atoms with E-state index < -0.39 is 17.6 Å². The van der Waals surface area contributed by atoms with Crippen molar-refractivity contribution in [3.63, 3.8) is 0 Å². The van der Waals surface area contributed by atoms with Gasteiger partial charge in [0.15, 0.2) is 0 Å². The minimum atomic E-state index is -0.982. The van der Waals surface area contributed by atoms with Gasteiger partial charge in [-0.1, -0.05) is 76.2 Å². The van der Waals surface area contributed by atoms with Gasteiger partial charge < -0.3 is 20.9 Å². The highest BCUT2D eigenvalue weighted by atomic mass is 19.1. The molecule has 0 fully saturated rings. The Morgan fingerprint density at radius 2 is 1.18 bits per heavy atom. The van der Waals surface area contributed by atoms with Crippen LogP contribution < -0.4 is 16.0 Å². The molecule has 0 radical (unpaired) electrons. The second-order valence-corrected chi connectivity index (χ2v) is 13.5. The molecule has 4 N–H and O–H groups in total. The quantitative estimate of drug-likeness (QED) is 0.0892. The summed E-state index contributed by atoms with van der Waals surface area (Å²) < 4.78 is 26.7. The third kappa shape index (κ3) is 10.5. The molecule has 0 aliphatic heterocycles. The average molecular weight is 766 g/mol. The van der Waals surface area contributed by atoms with Crippen molar-refractivity contribution in [3.8, 4) is 22.6 Å². The second kappa shape index (κ2) is 18.5. The van der Waals surface area contributed by atoms with E-state index in [4.69, 9.17) is 4.98 Å². The summed E-state index contributed by atoms with van der Waals surface area (Å²) >= 11 is 0. The Labute approximate surface area is 329 Å². The normalized spacial score (nSPS) is 11.4. The third-order valence-corrected chi connectivity index (χ3v) is 8.54. The molecule has 0 saturated carbocycles. The first-order valence-corrected chi connectivity index (χ1v) is 18.3. The molecule has 3 aromatic heterocycles. The summed E-state index contributed by atoms with van der Waals surface area (Å²) in [5, 5.41) is 8.97. The predicted octanol–water partition coefficient (Wildman–Crippen LogP) is 9.60. The fourth-order valence-electron chi connectivity index (χ4n) is 5.49. The van der Waals surface area contributed by atoms with Gasteiger partial charge in [0.05, 0.1) is 17.1 Å². The molecular formula is C44H41F2N9O2. The third-order valence-electron chi connectivity index (χ3n) is 8.54. The van der Waals surface area contributed by atoms with Crippen molar-refractivity contribution in [1.82, 2.24) is 35.2 Å². The Balaban J connectivity index is 0.000000193. The number of H-pyrrole nitrogens is 1. The summed E-state index contributed by atoms with van der Waals surface area (Å²) in [7, 11) is 0. The summed E-state index contributed by atoms with van der Waals surface area (Å²) in [6.07, 6.45) is 3.18. The number of halogens is 2. The number of ketones is 1. The number of amides is 1. The van der Waals surface area contributed by atoms with Crippen LogP contribution in [0, 0.1) is 17.6 Å². The maximum absolute atomic E-state index is 13.4. The summed E-state index contributed by atoms with van der Waals surface area (Å²) in [5.41, 5.74) is 5.37. The number of nitrogens with zero attached hydrogens (tertiary/aromatic N) is 5. The van der Waals surface area contributed by atoms with Crippen LogP contribution in [-0.2, 0) is 4.79 Å². The molecule has 11 nitrogen and oxygen atoms in total. The van der Waals surface area contributed by atoms with E-state index in [9.17, 15) is 18.4 Å². The lowest BCUT2D eigenvalue weighted by molar-refractivity contribution is -0.124. The number of Topliss-reactive ketones (excluding diaryl/α,β-unsaturated/α-hetero) is 1. The molecule has 1 atom stereocenters. The summed E-state index contributed by atoms with van der Waals surface area (Å²) in [5.74, 6) is 0.111. The first-order chi connectivity index (χ1) is 27.5. The number of rotatable bonds is 12. The van der Waals surface area contributed by atoms with Crippen molar-refractivity contribution in [2.45, 2.75) is 39.7 Å². The zero-order valence-corrected chi connectivity index (χ0v) is 31.7. The van der Waals surface area contributed by atoms with E-state index in [1.54, 1.807) is 32.2 Å². The van der Waals surface area contributed by atoms with Gasteiger partial charge in [-0.2, -0.15) is 0 Å². The van der Waals surface area contributed by atoms with Crippen molar-refractivity contribution in [2.24, 2.45) is 5.92 Å². The van der Waals surface area contributed by atoms with E-state index in [0.717, 1.165) is 34.2 Å². The van der Waals surface area contributed by atoms with Crippen molar-refractivity contribution in [3.05, 3.63) is 162 Å². The van der Waals surface area contributed by atoms with Gasteiger partial charge in [-0.05, 0) is 78.4 Å². The molecule has 1 amide bonds. The highest BCUT2D eigenvalue weighted by Crippen LogP contribution is 2.31. The van der Waals surface area contributed by atoms with Crippen LogP contribution in [-0.4, -0.2) is 41.6 Å². The zero-order valence-electron chi connectivity index (χ0n) is 31.7. The number of hydrogen-bond donors (Lipinski definition) is 4. The molecule has 0 aliphatic rings. The van der Waals surface area contributed by atoms with Gasteiger partial charge in [0.1, 0.15) is 29.2 Å². The van der Waals surface area contributed by atoms with E-state index in [2.05, 4.69) is 54.7 Å². The number of aromatic amines is 1. The standard InChI is InChI=1S/C22H20FN5.C22H21FN4O2/c1-14(2)21-27-19(15-8-10-16(23)11-9-15)20(28-21)18-12-13-24-22(26-18)25-17-6-4-3-5-7-17;1-14(2)21(29)27-19(15-8-10-16(23)11-9-15)20(28)18-12-13-24-22(26-18)25-17-6-4-3-5-7-17/h3-14H,1-2H3,(H,27,28)(H,24,25,26);3-14,19H,1-2H3,(H,27,29)(H,24,25,26). The van der Waals surface area contributed by atoms with Crippen molar-refractivity contribution in [2.75, 3.05) is 10.6 Å². The highest BCUT2D eigenvalue weighted by Gasteiger charge is 2.26. The highest BCUT2D eigenvalue weighted by molar-refractivity contribution is 6.01. The molecule has 0 bridgehead atoms. The van der Waals surface area contributed by atoms with Crippen LogP contribution in [0.5, 0.6) is 0 Å². The van der Waals surface area contributed by atoms with Gasteiger partial charge in [-0.3, -0.25) is 9.59 Å². The number of carbonyl (C=O) groups is 2. The number of anilines is 4. The van der Waals surface area contributed by atoms with Crippen LogP contribution in [0.3, 0.4) is 0 Å². The van der Waals surface area contributed by atoms with Crippen molar-refractivity contribution in [1.29, 1.82) is 0 Å².